The molecule has 0 aromatic heterocycles. The highest BCUT2D eigenvalue weighted by Gasteiger charge is 2.43. The lowest BCUT2D eigenvalue weighted by Gasteiger charge is -2.18. The number of rotatable bonds is 3. The van der Waals surface area contributed by atoms with E-state index in [4.69, 9.17) is 14.2 Å². The van der Waals surface area contributed by atoms with Gasteiger partial charge in [0.1, 0.15) is 5.75 Å². The maximum atomic E-state index is 10.2. The number of fused-ring (bicyclic) bond motifs is 2. The first-order valence-corrected chi connectivity index (χ1v) is 6.94. The molecular formula is C15H18O4. The Balaban J connectivity index is 1.90. The molecule has 19 heavy (non-hydrogen) atoms. The van der Waals surface area contributed by atoms with Crippen LogP contribution in [0.15, 0.2) is 0 Å². The van der Waals surface area contributed by atoms with Gasteiger partial charge in [0.2, 0.25) is 0 Å². The fourth-order valence-electron chi connectivity index (χ4n) is 3.22. The molecule has 0 bridgehead atoms. The lowest BCUT2D eigenvalue weighted by atomic mass is 9.93. The number of ether oxygens (including phenoxy) is 3. The molecule has 2 heterocycles. The molecule has 1 N–H and O–H groups in total. The fourth-order valence-corrected chi connectivity index (χ4v) is 3.22. The van der Waals surface area contributed by atoms with Crippen LogP contribution in [0, 0.1) is 0 Å². The molecule has 0 spiro atoms. The average Bonchev–Trinajstić information content (AvgIpc) is 2.88. The van der Waals surface area contributed by atoms with Gasteiger partial charge in [-0.15, -0.1) is 0 Å². The second kappa shape index (κ2) is 3.79. The summed E-state index contributed by atoms with van der Waals surface area (Å²) < 4.78 is 17.1. The van der Waals surface area contributed by atoms with Crippen molar-refractivity contribution >= 4 is 0 Å². The average molecular weight is 262 g/mol. The molecule has 1 fully saturated rings. The van der Waals surface area contributed by atoms with Crippen molar-refractivity contribution in [1.82, 2.24) is 0 Å². The van der Waals surface area contributed by atoms with Gasteiger partial charge in [-0.1, -0.05) is 0 Å². The van der Waals surface area contributed by atoms with Crippen molar-refractivity contribution in [2.45, 2.75) is 37.7 Å². The van der Waals surface area contributed by atoms with Gasteiger partial charge in [-0.05, 0) is 12.8 Å². The molecule has 1 aromatic carbocycles. The molecule has 0 radical (unpaired) electrons. The van der Waals surface area contributed by atoms with Gasteiger partial charge in [0.05, 0.1) is 25.9 Å². The first-order valence-electron chi connectivity index (χ1n) is 6.94. The maximum Gasteiger partial charge on any atom is 0.168 e. The van der Waals surface area contributed by atoms with Gasteiger partial charge in [0.25, 0.3) is 0 Å². The highest BCUT2D eigenvalue weighted by atomic mass is 16.5. The van der Waals surface area contributed by atoms with Crippen LogP contribution < -0.4 is 14.2 Å². The van der Waals surface area contributed by atoms with E-state index in [0.29, 0.717) is 19.6 Å². The molecule has 1 aliphatic carbocycles. The standard InChI is InChI=1S/C15H18O4/c1-17-13-10-3-7-18-12(10)11(8-15(16)4-5-15)9-2-6-19-14(9)13/h16H,2-8H2,1H3. The van der Waals surface area contributed by atoms with E-state index in [9.17, 15) is 5.11 Å². The zero-order chi connectivity index (χ0) is 13.0. The summed E-state index contributed by atoms with van der Waals surface area (Å²) in [4.78, 5) is 0. The molecular weight excluding hydrogens is 244 g/mol. The van der Waals surface area contributed by atoms with Gasteiger partial charge >= 0.3 is 0 Å². The second-order valence-electron chi connectivity index (χ2n) is 5.73. The van der Waals surface area contributed by atoms with Gasteiger partial charge in [-0.2, -0.15) is 0 Å². The Bertz CT molecular complexity index is 511. The zero-order valence-electron chi connectivity index (χ0n) is 11.1. The first-order chi connectivity index (χ1) is 9.22. The maximum absolute atomic E-state index is 10.2. The smallest absolute Gasteiger partial charge is 0.168 e. The van der Waals surface area contributed by atoms with Gasteiger partial charge in [0.15, 0.2) is 11.5 Å². The summed E-state index contributed by atoms with van der Waals surface area (Å²) in [6, 6.07) is 0. The Kier molecular flexibility index (Phi) is 2.28. The normalized spacial score (nSPS) is 21.4. The van der Waals surface area contributed by atoms with E-state index < -0.39 is 5.60 Å². The van der Waals surface area contributed by atoms with Crippen molar-refractivity contribution in [2.75, 3.05) is 20.3 Å². The van der Waals surface area contributed by atoms with Crippen LogP contribution in [0.1, 0.15) is 29.5 Å². The molecule has 0 unspecified atom stereocenters. The Morgan fingerprint density at radius 3 is 2.47 bits per heavy atom. The van der Waals surface area contributed by atoms with Crippen molar-refractivity contribution in [3.8, 4) is 17.2 Å². The summed E-state index contributed by atoms with van der Waals surface area (Å²) in [6.07, 6.45) is 4.21. The predicted octanol–water partition coefficient (Wildman–Crippen LogP) is 1.63. The highest BCUT2D eigenvalue weighted by molar-refractivity contribution is 5.66. The molecule has 0 amide bonds. The number of benzene rings is 1. The lowest BCUT2D eigenvalue weighted by Crippen LogP contribution is -2.13. The third-order valence-corrected chi connectivity index (χ3v) is 4.40. The summed E-state index contributed by atoms with van der Waals surface area (Å²) >= 11 is 0. The lowest BCUT2D eigenvalue weighted by molar-refractivity contribution is 0.149. The van der Waals surface area contributed by atoms with Crippen molar-refractivity contribution in [3.05, 3.63) is 16.7 Å². The summed E-state index contributed by atoms with van der Waals surface area (Å²) in [5.74, 6) is 2.67. The molecule has 4 heteroatoms. The third kappa shape index (κ3) is 1.62. The van der Waals surface area contributed by atoms with Gasteiger partial charge in [-0.25, -0.2) is 0 Å². The van der Waals surface area contributed by atoms with E-state index in [0.717, 1.165) is 54.1 Å². The number of hydrogen-bond donors (Lipinski definition) is 1. The van der Waals surface area contributed by atoms with Crippen LogP contribution in [0.3, 0.4) is 0 Å². The highest BCUT2D eigenvalue weighted by Crippen LogP contribution is 2.51. The summed E-state index contributed by atoms with van der Waals surface area (Å²) in [7, 11) is 1.68. The van der Waals surface area contributed by atoms with Crippen LogP contribution in [-0.4, -0.2) is 31.0 Å². The Morgan fingerprint density at radius 1 is 1.11 bits per heavy atom. The van der Waals surface area contributed by atoms with Crippen LogP contribution in [-0.2, 0) is 19.3 Å². The van der Waals surface area contributed by atoms with E-state index in [-0.39, 0.29) is 0 Å². The molecule has 1 aromatic rings. The molecule has 102 valence electrons. The summed E-state index contributed by atoms with van der Waals surface area (Å²) in [5.41, 5.74) is 2.94. The summed E-state index contributed by atoms with van der Waals surface area (Å²) in [5, 5.41) is 10.2. The molecule has 1 saturated carbocycles. The van der Waals surface area contributed by atoms with Crippen molar-refractivity contribution in [1.29, 1.82) is 0 Å². The predicted molar refractivity (Wildman–Crippen MR) is 69.3 cm³/mol. The summed E-state index contributed by atoms with van der Waals surface area (Å²) in [6.45, 7) is 1.39. The Hall–Kier alpha value is -1.42. The molecule has 2 aliphatic heterocycles. The fraction of sp³-hybridized carbons (Fsp3) is 0.600. The third-order valence-electron chi connectivity index (χ3n) is 4.40. The van der Waals surface area contributed by atoms with E-state index in [1.54, 1.807) is 7.11 Å². The first kappa shape index (κ1) is 11.4. The molecule has 4 rings (SSSR count). The van der Waals surface area contributed by atoms with Gasteiger partial charge in [0, 0.05) is 36.0 Å². The Morgan fingerprint density at radius 2 is 1.79 bits per heavy atom. The van der Waals surface area contributed by atoms with Crippen molar-refractivity contribution in [2.24, 2.45) is 0 Å². The molecule has 4 nitrogen and oxygen atoms in total. The van der Waals surface area contributed by atoms with Crippen LogP contribution >= 0.6 is 0 Å². The van der Waals surface area contributed by atoms with Crippen LogP contribution in [0.4, 0.5) is 0 Å². The van der Waals surface area contributed by atoms with Crippen molar-refractivity contribution in [3.63, 3.8) is 0 Å². The van der Waals surface area contributed by atoms with Crippen LogP contribution in [0.25, 0.3) is 0 Å². The van der Waals surface area contributed by atoms with Crippen molar-refractivity contribution < 1.29 is 19.3 Å². The molecule has 0 atom stereocenters. The largest absolute Gasteiger partial charge is 0.493 e. The van der Waals surface area contributed by atoms with Gasteiger partial charge in [-0.3, -0.25) is 0 Å². The Labute approximate surface area is 112 Å². The quantitative estimate of drug-likeness (QED) is 0.899. The van der Waals surface area contributed by atoms with Crippen LogP contribution in [0.5, 0.6) is 17.2 Å². The van der Waals surface area contributed by atoms with E-state index >= 15 is 0 Å². The minimum atomic E-state index is -0.509. The monoisotopic (exact) mass is 262 g/mol. The minimum absolute atomic E-state index is 0.509. The number of hydrogen-bond acceptors (Lipinski definition) is 4. The zero-order valence-corrected chi connectivity index (χ0v) is 11.1. The number of aliphatic hydroxyl groups is 1. The van der Waals surface area contributed by atoms with E-state index in [1.165, 1.54) is 5.56 Å². The van der Waals surface area contributed by atoms with E-state index in [2.05, 4.69) is 0 Å². The van der Waals surface area contributed by atoms with Gasteiger partial charge < -0.3 is 19.3 Å². The van der Waals surface area contributed by atoms with Crippen LogP contribution in [0.2, 0.25) is 0 Å². The van der Waals surface area contributed by atoms with E-state index in [1.807, 2.05) is 0 Å². The molecule has 0 saturated heterocycles. The SMILES string of the molecule is COc1c2c(c(CC3(O)CC3)c3c1OCC3)OCC2. The second-order valence-corrected chi connectivity index (χ2v) is 5.73. The number of methoxy groups -OCH3 is 1. The minimum Gasteiger partial charge on any atom is -0.493 e. The topological polar surface area (TPSA) is 47.9 Å². The molecule has 3 aliphatic rings.